The summed E-state index contributed by atoms with van der Waals surface area (Å²) in [7, 11) is 0. The number of aliphatic hydroxyl groups excluding tert-OH is 1. The highest BCUT2D eigenvalue weighted by Crippen LogP contribution is 2.69. The number of hydrogen-bond acceptors (Lipinski definition) is 5. The molecule has 2 unspecified atom stereocenters. The molecule has 0 heterocycles. The fourth-order valence-electron chi connectivity index (χ4n) is 10.5. The first-order valence-corrected chi connectivity index (χ1v) is 16.1. The largest absolute Gasteiger partial charge is 0.449 e. The Morgan fingerprint density at radius 1 is 0.868 bits per heavy atom. The third-order valence-electron chi connectivity index (χ3n) is 12.5. The summed E-state index contributed by atoms with van der Waals surface area (Å²) in [5.41, 5.74) is 0.796. The minimum atomic E-state index is -0.685. The zero-order valence-electron chi connectivity index (χ0n) is 24.2. The van der Waals surface area contributed by atoms with Crippen LogP contribution in [0, 0.1) is 46.3 Å². The lowest BCUT2D eigenvalue weighted by Crippen LogP contribution is -2.56. The third kappa shape index (κ3) is 5.49. The van der Waals surface area contributed by atoms with Crippen LogP contribution in [-0.4, -0.2) is 36.1 Å². The Hall–Kier alpha value is -1.30. The van der Waals surface area contributed by atoms with Gasteiger partial charge in [0.2, 0.25) is 0 Å². The highest BCUT2D eigenvalue weighted by molar-refractivity contribution is 5.87. The molecule has 9 atom stereocenters. The zero-order chi connectivity index (χ0) is 26.9. The Kier molecular flexibility index (Phi) is 8.67. The highest BCUT2D eigenvalue weighted by Gasteiger charge is 2.61. The molecular weight excluding hydrogens is 478 g/mol. The van der Waals surface area contributed by atoms with Crippen molar-refractivity contribution < 1.29 is 24.2 Å². The standard InChI is InChI=1S/C32H53NO5/c1-4-21-19-25-26-13-12-22(9-8-18-37-29(35)33-30(36)38-24-10-6-5-7-11-24)31(26,2)17-15-27(25)32(3)16-14-23(34)20-28(21)32/h21-28,34H,4-20H2,1-3H3,(H,33,35,36)/t21-,22-,23+,25-,26?,27-,28?,31+,32+/m0/s1. The number of carbonyl (C=O) groups is 2. The van der Waals surface area contributed by atoms with E-state index in [0.717, 1.165) is 75.0 Å². The number of rotatable bonds is 6. The third-order valence-corrected chi connectivity index (χ3v) is 12.5. The van der Waals surface area contributed by atoms with E-state index < -0.39 is 12.2 Å². The van der Waals surface area contributed by atoms with Gasteiger partial charge in [-0.05, 0) is 136 Å². The monoisotopic (exact) mass is 531 g/mol. The van der Waals surface area contributed by atoms with E-state index in [1.54, 1.807) is 0 Å². The van der Waals surface area contributed by atoms with Gasteiger partial charge in [-0.25, -0.2) is 14.9 Å². The van der Waals surface area contributed by atoms with Gasteiger partial charge in [0, 0.05) is 0 Å². The molecule has 5 fully saturated rings. The van der Waals surface area contributed by atoms with Gasteiger partial charge in [-0.15, -0.1) is 0 Å². The molecule has 0 saturated heterocycles. The second kappa shape index (κ2) is 11.7. The highest BCUT2D eigenvalue weighted by atomic mass is 16.6. The minimum Gasteiger partial charge on any atom is -0.449 e. The van der Waals surface area contributed by atoms with Crippen molar-refractivity contribution in [1.82, 2.24) is 5.32 Å². The van der Waals surface area contributed by atoms with Crippen LogP contribution in [0.1, 0.15) is 124 Å². The SMILES string of the molecule is CC[C@H]1C[C@H]2C3CC[C@H](CCCOC(=O)NC(=O)OC4CCCCC4)[C@@]3(C)CC[C@@H]2[C@@]2(C)CC[C@@H](O)CC12. The Balaban J connectivity index is 1.11. The van der Waals surface area contributed by atoms with E-state index in [0.29, 0.717) is 29.3 Å². The number of nitrogens with one attached hydrogen (secondary N) is 1. The van der Waals surface area contributed by atoms with E-state index in [4.69, 9.17) is 9.47 Å². The van der Waals surface area contributed by atoms with E-state index in [2.05, 4.69) is 26.1 Å². The van der Waals surface area contributed by atoms with Crippen LogP contribution in [-0.2, 0) is 9.47 Å². The molecular formula is C32H53NO5. The maximum atomic E-state index is 12.1. The number of hydrogen-bond donors (Lipinski definition) is 2. The minimum absolute atomic E-state index is 0.0716. The first-order valence-electron chi connectivity index (χ1n) is 16.1. The molecule has 6 nitrogen and oxygen atoms in total. The van der Waals surface area contributed by atoms with Crippen molar-refractivity contribution in [3.63, 3.8) is 0 Å². The number of alkyl carbamates (subject to hydrolysis) is 2. The van der Waals surface area contributed by atoms with Gasteiger partial charge in [-0.3, -0.25) is 0 Å². The number of carbonyl (C=O) groups excluding carboxylic acids is 2. The molecule has 0 aliphatic heterocycles. The number of imide groups is 1. The molecule has 216 valence electrons. The van der Waals surface area contributed by atoms with Crippen molar-refractivity contribution in [3.05, 3.63) is 0 Å². The van der Waals surface area contributed by atoms with Crippen LogP contribution in [0.4, 0.5) is 9.59 Å². The van der Waals surface area contributed by atoms with Gasteiger partial charge >= 0.3 is 12.2 Å². The lowest BCUT2D eigenvalue weighted by atomic mass is 9.42. The predicted octanol–water partition coefficient (Wildman–Crippen LogP) is 7.62. The topological polar surface area (TPSA) is 84.9 Å². The van der Waals surface area contributed by atoms with Crippen LogP contribution < -0.4 is 5.32 Å². The molecule has 0 bridgehead atoms. The van der Waals surface area contributed by atoms with Gasteiger partial charge in [0.25, 0.3) is 0 Å². The van der Waals surface area contributed by atoms with Crippen molar-refractivity contribution in [1.29, 1.82) is 0 Å². The molecule has 38 heavy (non-hydrogen) atoms. The molecule has 5 rings (SSSR count). The van der Waals surface area contributed by atoms with Crippen LogP contribution in [0.5, 0.6) is 0 Å². The van der Waals surface area contributed by atoms with E-state index in [1.807, 2.05) is 0 Å². The van der Waals surface area contributed by atoms with Gasteiger partial charge in [-0.1, -0.05) is 33.6 Å². The predicted molar refractivity (Wildman–Crippen MR) is 147 cm³/mol. The van der Waals surface area contributed by atoms with Crippen LogP contribution in [0.15, 0.2) is 0 Å². The number of aliphatic hydroxyl groups is 1. The molecule has 0 aromatic carbocycles. The normalized spacial score (nSPS) is 42.9. The molecule has 5 saturated carbocycles. The van der Waals surface area contributed by atoms with Crippen LogP contribution >= 0.6 is 0 Å². The summed E-state index contributed by atoms with van der Waals surface area (Å²) in [6.45, 7) is 7.88. The van der Waals surface area contributed by atoms with Gasteiger partial charge < -0.3 is 14.6 Å². The molecule has 5 aliphatic carbocycles. The Labute approximate surface area is 230 Å². The molecule has 0 radical (unpaired) electrons. The molecule has 0 spiro atoms. The van der Waals surface area contributed by atoms with Crippen molar-refractivity contribution in [2.75, 3.05) is 6.61 Å². The van der Waals surface area contributed by atoms with E-state index >= 15 is 0 Å². The average molecular weight is 532 g/mol. The maximum Gasteiger partial charge on any atom is 0.416 e. The fraction of sp³-hybridized carbons (Fsp3) is 0.938. The van der Waals surface area contributed by atoms with Gasteiger partial charge in [0.15, 0.2) is 0 Å². The Morgan fingerprint density at radius 3 is 2.37 bits per heavy atom. The summed E-state index contributed by atoms with van der Waals surface area (Å²) < 4.78 is 10.7. The molecule has 2 amide bonds. The number of amides is 2. The summed E-state index contributed by atoms with van der Waals surface area (Å²) >= 11 is 0. The van der Waals surface area contributed by atoms with Crippen LogP contribution in [0.25, 0.3) is 0 Å². The quantitative estimate of drug-likeness (QED) is 0.344. The van der Waals surface area contributed by atoms with Gasteiger partial charge in [-0.2, -0.15) is 0 Å². The van der Waals surface area contributed by atoms with Gasteiger partial charge in [0.1, 0.15) is 6.10 Å². The number of fused-ring (bicyclic) bond motifs is 5. The van der Waals surface area contributed by atoms with E-state index in [9.17, 15) is 14.7 Å². The lowest BCUT2D eigenvalue weighted by molar-refractivity contribution is -0.150. The van der Waals surface area contributed by atoms with Crippen molar-refractivity contribution in [3.8, 4) is 0 Å². The summed E-state index contributed by atoms with van der Waals surface area (Å²) in [6.07, 6.45) is 16.7. The summed E-state index contributed by atoms with van der Waals surface area (Å²) in [5.74, 6) is 4.60. The zero-order valence-corrected chi connectivity index (χ0v) is 24.2. The number of ether oxygens (including phenoxy) is 2. The fourth-order valence-corrected chi connectivity index (χ4v) is 10.5. The van der Waals surface area contributed by atoms with Crippen LogP contribution in [0.3, 0.4) is 0 Å². The van der Waals surface area contributed by atoms with Crippen molar-refractivity contribution >= 4 is 12.2 Å². The molecule has 0 aromatic heterocycles. The second-order valence-electron chi connectivity index (χ2n) is 14.2. The summed E-state index contributed by atoms with van der Waals surface area (Å²) in [6, 6.07) is 0. The van der Waals surface area contributed by atoms with E-state index in [-0.39, 0.29) is 12.2 Å². The van der Waals surface area contributed by atoms with Crippen molar-refractivity contribution in [2.45, 2.75) is 136 Å². The average Bonchev–Trinajstić information content (AvgIpc) is 3.23. The molecule has 6 heteroatoms. The second-order valence-corrected chi connectivity index (χ2v) is 14.2. The first-order chi connectivity index (χ1) is 18.2. The molecule has 0 aromatic rings. The van der Waals surface area contributed by atoms with E-state index in [1.165, 1.54) is 51.4 Å². The van der Waals surface area contributed by atoms with Gasteiger partial charge in [0.05, 0.1) is 12.7 Å². The summed E-state index contributed by atoms with van der Waals surface area (Å²) in [4.78, 5) is 24.1. The Morgan fingerprint density at radius 2 is 1.61 bits per heavy atom. The summed E-state index contributed by atoms with van der Waals surface area (Å²) in [5, 5.41) is 12.7. The lowest BCUT2D eigenvalue weighted by Gasteiger charge is -2.63. The van der Waals surface area contributed by atoms with Crippen molar-refractivity contribution in [2.24, 2.45) is 46.3 Å². The maximum absolute atomic E-state index is 12.1. The molecule has 2 N–H and O–H groups in total. The van der Waals surface area contributed by atoms with Crippen LogP contribution in [0.2, 0.25) is 0 Å². The Bertz CT molecular complexity index is 842. The smallest absolute Gasteiger partial charge is 0.416 e. The first kappa shape index (κ1) is 28.2. The molecule has 5 aliphatic rings.